The van der Waals surface area contributed by atoms with Crippen molar-refractivity contribution in [2.24, 2.45) is 0 Å². The molecule has 1 aliphatic rings. The molecule has 14 heavy (non-hydrogen) atoms. The Morgan fingerprint density at radius 3 is 2.79 bits per heavy atom. The van der Waals surface area contributed by atoms with Gasteiger partial charge < -0.3 is 15.2 Å². The summed E-state index contributed by atoms with van der Waals surface area (Å²) in [5.41, 5.74) is 0.868. The van der Waals surface area contributed by atoms with Crippen LogP contribution in [0, 0.1) is 0 Å². The lowest BCUT2D eigenvalue weighted by Gasteiger charge is -2.32. The maximum absolute atomic E-state index is 10.0. The first-order valence-electron chi connectivity index (χ1n) is 4.87. The molecule has 1 saturated heterocycles. The molecular formula is C11H15NO2. The van der Waals surface area contributed by atoms with Crippen molar-refractivity contribution < 1.29 is 9.84 Å². The second-order valence-electron chi connectivity index (χ2n) is 3.54. The van der Waals surface area contributed by atoms with Crippen LogP contribution in [0.4, 0.5) is 0 Å². The van der Waals surface area contributed by atoms with Gasteiger partial charge in [0.15, 0.2) is 0 Å². The zero-order valence-electron chi connectivity index (χ0n) is 8.23. The Balaban J connectivity index is 2.20. The number of hydrogen-bond donors (Lipinski definition) is 2. The van der Waals surface area contributed by atoms with E-state index < -0.39 is 6.10 Å². The molecule has 1 aromatic carbocycles. The highest BCUT2D eigenvalue weighted by Crippen LogP contribution is 2.29. The SMILES string of the molecule is COc1ccccc1C(O)C1CCN1. The summed E-state index contributed by atoms with van der Waals surface area (Å²) in [5, 5.41) is 13.2. The van der Waals surface area contributed by atoms with Crippen molar-refractivity contribution in [3.05, 3.63) is 29.8 Å². The molecule has 0 saturated carbocycles. The lowest BCUT2D eigenvalue weighted by molar-refractivity contribution is 0.0932. The van der Waals surface area contributed by atoms with Crippen LogP contribution >= 0.6 is 0 Å². The van der Waals surface area contributed by atoms with Crippen LogP contribution in [0.25, 0.3) is 0 Å². The second-order valence-corrected chi connectivity index (χ2v) is 3.54. The van der Waals surface area contributed by atoms with Gasteiger partial charge in [-0.15, -0.1) is 0 Å². The predicted molar refractivity (Wildman–Crippen MR) is 54.4 cm³/mol. The Kier molecular flexibility index (Phi) is 2.70. The molecule has 2 atom stereocenters. The van der Waals surface area contributed by atoms with Gasteiger partial charge >= 0.3 is 0 Å². The molecule has 1 heterocycles. The normalized spacial score (nSPS) is 22.6. The van der Waals surface area contributed by atoms with E-state index in [0.717, 1.165) is 24.3 Å². The van der Waals surface area contributed by atoms with Crippen molar-refractivity contribution in [1.82, 2.24) is 5.32 Å². The first kappa shape index (κ1) is 9.49. The van der Waals surface area contributed by atoms with Gasteiger partial charge in [0.25, 0.3) is 0 Å². The molecule has 76 valence electrons. The number of rotatable bonds is 3. The number of ether oxygens (including phenoxy) is 1. The molecule has 0 aliphatic carbocycles. The van der Waals surface area contributed by atoms with E-state index in [4.69, 9.17) is 4.74 Å². The largest absolute Gasteiger partial charge is 0.496 e. The molecule has 1 aromatic rings. The van der Waals surface area contributed by atoms with Gasteiger partial charge in [0.2, 0.25) is 0 Å². The molecule has 3 nitrogen and oxygen atoms in total. The van der Waals surface area contributed by atoms with Crippen LogP contribution in [0.5, 0.6) is 5.75 Å². The average Bonchev–Trinajstić information content (AvgIpc) is 2.15. The van der Waals surface area contributed by atoms with Crippen LogP contribution in [-0.2, 0) is 0 Å². The summed E-state index contributed by atoms with van der Waals surface area (Å²) in [4.78, 5) is 0. The van der Waals surface area contributed by atoms with Crippen LogP contribution in [0.15, 0.2) is 24.3 Å². The van der Waals surface area contributed by atoms with Crippen LogP contribution < -0.4 is 10.1 Å². The van der Waals surface area contributed by atoms with E-state index in [1.54, 1.807) is 7.11 Å². The quantitative estimate of drug-likeness (QED) is 0.755. The van der Waals surface area contributed by atoms with E-state index in [1.165, 1.54) is 0 Å². The summed E-state index contributed by atoms with van der Waals surface area (Å²) in [6.07, 6.45) is 0.569. The van der Waals surface area contributed by atoms with Gasteiger partial charge in [0, 0.05) is 11.6 Å². The summed E-state index contributed by atoms with van der Waals surface area (Å²) in [6, 6.07) is 7.79. The monoisotopic (exact) mass is 193 g/mol. The molecule has 3 heteroatoms. The van der Waals surface area contributed by atoms with E-state index in [9.17, 15) is 5.11 Å². The van der Waals surface area contributed by atoms with Gasteiger partial charge in [0.1, 0.15) is 5.75 Å². The minimum Gasteiger partial charge on any atom is -0.496 e. The average molecular weight is 193 g/mol. The standard InChI is InChI=1S/C11H15NO2/c1-14-10-5-3-2-4-8(10)11(13)9-6-7-12-9/h2-5,9,11-13H,6-7H2,1H3. The van der Waals surface area contributed by atoms with Gasteiger partial charge in [-0.2, -0.15) is 0 Å². The Morgan fingerprint density at radius 2 is 2.21 bits per heavy atom. The maximum Gasteiger partial charge on any atom is 0.124 e. The van der Waals surface area contributed by atoms with E-state index >= 15 is 0 Å². The molecule has 1 fully saturated rings. The molecule has 0 amide bonds. The smallest absolute Gasteiger partial charge is 0.124 e. The fraction of sp³-hybridized carbons (Fsp3) is 0.455. The highest BCUT2D eigenvalue weighted by atomic mass is 16.5. The van der Waals surface area contributed by atoms with E-state index in [2.05, 4.69) is 5.32 Å². The maximum atomic E-state index is 10.0. The van der Waals surface area contributed by atoms with Gasteiger partial charge in [-0.1, -0.05) is 18.2 Å². The summed E-state index contributed by atoms with van der Waals surface area (Å²) in [7, 11) is 1.62. The van der Waals surface area contributed by atoms with Gasteiger partial charge in [-0.3, -0.25) is 0 Å². The molecule has 0 spiro atoms. The van der Waals surface area contributed by atoms with Crippen molar-refractivity contribution in [2.45, 2.75) is 18.6 Å². The molecule has 1 aliphatic heterocycles. The predicted octanol–water partition coefficient (Wildman–Crippen LogP) is 1.09. The number of methoxy groups -OCH3 is 1. The molecule has 0 bridgehead atoms. The number of hydrogen-bond acceptors (Lipinski definition) is 3. The fourth-order valence-electron chi connectivity index (χ4n) is 1.71. The molecule has 2 N–H and O–H groups in total. The van der Waals surface area contributed by atoms with Gasteiger partial charge in [0.05, 0.1) is 13.2 Å². The van der Waals surface area contributed by atoms with Crippen LogP contribution in [0.3, 0.4) is 0 Å². The third-order valence-electron chi connectivity index (χ3n) is 2.70. The Labute approximate surface area is 83.7 Å². The summed E-state index contributed by atoms with van der Waals surface area (Å²) < 4.78 is 5.20. The van der Waals surface area contributed by atoms with E-state index in [-0.39, 0.29) is 6.04 Å². The van der Waals surface area contributed by atoms with Crippen molar-refractivity contribution >= 4 is 0 Å². The highest BCUT2D eigenvalue weighted by Gasteiger charge is 2.27. The summed E-state index contributed by atoms with van der Waals surface area (Å²) >= 11 is 0. The molecular weight excluding hydrogens is 178 g/mol. The van der Waals surface area contributed by atoms with E-state index in [1.807, 2.05) is 24.3 Å². The Bertz CT molecular complexity index is 310. The van der Waals surface area contributed by atoms with Crippen LogP contribution in [0.1, 0.15) is 18.1 Å². The molecule has 2 unspecified atom stereocenters. The van der Waals surface area contributed by atoms with Gasteiger partial charge in [-0.05, 0) is 19.0 Å². The fourth-order valence-corrected chi connectivity index (χ4v) is 1.71. The molecule has 2 rings (SSSR count). The third kappa shape index (κ3) is 1.61. The Hall–Kier alpha value is -1.06. The number of benzene rings is 1. The van der Waals surface area contributed by atoms with Crippen molar-refractivity contribution in [3.63, 3.8) is 0 Å². The second kappa shape index (κ2) is 3.98. The first-order valence-corrected chi connectivity index (χ1v) is 4.87. The summed E-state index contributed by atoms with van der Waals surface area (Å²) in [5.74, 6) is 0.758. The first-order chi connectivity index (χ1) is 6.83. The topological polar surface area (TPSA) is 41.5 Å². The lowest BCUT2D eigenvalue weighted by Crippen LogP contribution is -2.46. The van der Waals surface area contributed by atoms with Crippen LogP contribution in [0.2, 0.25) is 0 Å². The van der Waals surface area contributed by atoms with Crippen molar-refractivity contribution in [1.29, 1.82) is 0 Å². The van der Waals surface area contributed by atoms with E-state index in [0.29, 0.717) is 0 Å². The zero-order chi connectivity index (χ0) is 9.97. The van der Waals surface area contributed by atoms with Crippen molar-refractivity contribution in [3.8, 4) is 5.75 Å². The minimum atomic E-state index is -0.458. The number of nitrogens with one attached hydrogen (secondary N) is 1. The number of para-hydroxylation sites is 1. The number of aliphatic hydroxyl groups excluding tert-OH is 1. The molecule has 0 radical (unpaired) electrons. The van der Waals surface area contributed by atoms with Crippen molar-refractivity contribution in [2.75, 3.05) is 13.7 Å². The lowest BCUT2D eigenvalue weighted by atomic mass is 9.94. The van der Waals surface area contributed by atoms with Gasteiger partial charge in [-0.25, -0.2) is 0 Å². The minimum absolute atomic E-state index is 0.186. The highest BCUT2D eigenvalue weighted by molar-refractivity contribution is 5.36. The zero-order valence-corrected chi connectivity index (χ0v) is 8.23. The number of aliphatic hydroxyl groups is 1. The third-order valence-corrected chi connectivity index (χ3v) is 2.70. The Morgan fingerprint density at radius 1 is 1.50 bits per heavy atom. The van der Waals surface area contributed by atoms with Crippen LogP contribution in [-0.4, -0.2) is 24.8 Å². The summed E-state index contributed by atoms with van der Waals surface area (Å²) in [6.45, 7) is 0.997. The molecule has 0 aromatic heterocycles.